The Kier molecular flexibility index (Phi) is 8.05. The highest BCUT2D eigenvalue weighted by atomic mass is 19.4. The van der Waals surface area contributed by atoms with Crippen LogP contribution in [0.5, 0.6) is 0 Å². The van der Waals surface area contributed by atoms with E-state index in [2.05, 4.69) is 20.9 Å². The van der Waals surface area contributed by atoms with Crippen molar-refractivity contribution in [3.8, 4) is 0 Å². The van der Waals surface area contributed by atoms with Gasteiger partial charge in [0.25, 0.3) is 0 Å². The average molecular weight is 322 g/mol. The third kappa shape index (κ3) is 8.74. The van der Waals surface area contributed by atoms with E-state index in [1.807, 2.05) is 0 Å². The normalized spacial score (nSPS) is 17.2. The first-order chi connectivity index (χ1) is 10.4. The molecule has 3 N–H and O–H groups in total. The molecule has 8 heteroatoms. The monoisotopic (exact) mass is 322 g/mol. The van der Waals surface area contributed by atoms with Gasteiger partial charge in [-0.15, -0.1) is 0 Å². The number of amides is 1. The molecular weight excluding hydrogens is 297 g/mol. The topological polar surface area (TPSA) is 65.5 Å². The molecule has 1 amide bonds. The van der Waals surface area contributed by atoms with Crippen LogP contribution < -0.4 is 16.0 Å². The van der Waals surface area contributed by atoms with E-state index in [0.29, 0.717) is 6.54 Å². The molecular formula is C14H25F3N4O. The summed E-state index contributed by atoms with van der Waals surface area (Å²) in [6.07, 6.45) is 0.753. The van der Waals surface area contributed by atoms with E-state index in [0.717, 1.165) is 25.7 Å². The van der Waals surface area contributed by atoms with E-state index < -0.39 is 12.6 Å². The predicted molar refractivity (Wildman–Crippen MR) is 79.7 cm³/mol. The van der Waals surface area contributed by atoms with Gasteiger partial charge in [0.2, 0.25) is 5.91 Å². The van der Waals surface area contributed by atoms with Crippen LogP contribution in [0.2, 0.25) is 0 Å². The van der Waals surface area contributed by atoms with Crippen LogP contribution in [0.25, 0.3) is 0 Å². The van der Waals surface area contributed by atoms with Crippen molar-refractivity contribution in [1.29, 1.82) is 0 Å². The second kappa shape index (κ2) is 9.53. The molecule has 5 nitrogen and oxygen atoms in total. The summed E-state index contributed by atoms with van der Waals surface area (Å²) < 4.78 is 36.1. The van der Waals surface area contributed by atoms with Crippen LogP contribution in [0, 0.1) is 0 Å². The fraction of sp³-hybridized carbons (Fsp3) is 0.857. The number of hydrogen-bond donors (Lipinski definition) is 3. The SMILES string of the molecule is CN=C(NCCC(=O)NC1CCCCC1)NCCC(F)(F)F. The van der Waals surface area contributed by atoms with Crippen molar-refractivity contribution in [2.75, 3.05) is 20.1 Å². The molecule has 128 valence electrons. The van der Waals surface area contributed by atoms with Gasteiger partial charge in [-0.2, -0.15) is 13.2 Å². The Balaban J connectivity index is 2.13. The minimum atomic E-state index is -4.19. The van der Waals surface area contributed by atoms with Gasteiger partial charge in [0.15, 0.2) is 5.96 Å². The van der Waals surface area contributed by atoms with Crippen molar-refractivity contribution < 1.29 is 18.0 Å². The van der Waals surface area contributed by atoms with Gasteiger partial charge in [0.1, 0.15) is 0 Å². The molecule has 0 aromatic heterocycles. The van der Waals surface area contributed by atoms with Gasteiger partial charge in [-0.25, -0.2) is 0 Å². The predicted octanol–water partition coefficient (Wildman–Crippen LogP) is 1.94. The minimum Gasteiger partial charge on any atom is -0.356 e. The number of alkyl halides is 3. The van der Waals surface area contributed by atoms with Gasteiger partial charge in [-0.05, 0) is 12.8 Å². The number of guanidine groups is 1. The highest BCUT2D eigenvalue weighted by Gasteiger charge is 2.26. The lowest BCUT2D eigenvalue weighted by Gasteiger charge is -2.22. The van der Waals surface area contributed by atoms with Crippen LogP contribution >= 0.6 is 0 Å². The molecule has 0 bridgehead atoms. The van der Waals surface area contributed by atoms with Gasteiger partial charge in [0, 0.05) is 32.6 Å². The van der Waals surface area contributed by atoms with E-state index in [1.165, 1.54) is 13.5 Å². The molecule has 0 aromatic rings. The first kappa shape index (κ1) is 18.6. The number of aliphatic imine (C=N–C) groups is 1. The number of nitrogens with zero attached hydrogens (tertiary/aromatic N) is 1. The van der Waals surface area contributed by atoms with Crippen molar-refractivity contribution >= 4 is 11.9 Å². The molecule has 22 heavy (non-hydrogen) atoms. The molecule has 0 radical (unpaired) electrons. The Morgan fingerprint density at radius 3 is 2.36 bits per heavy atom. The van der Waals surface area contributed by atoms with Crippen molar-refractivity contribution in [2.24, 2.45) is 4.99 Å². The number of carbonyl (C=O) groups excluding carboxylic acids is 1. The summed E-state index contributed by atoms with van der Waals surface area (Å²) >= 11 is 0. The molecule has 0 heterocycles. The maximum Gasteiger partial charge on any atom is 0.390 e. The molecule has 1 saturated carbocycles. The van der Waals surface area contributed by atoms with Crippen LogP contribution in [0.4, 0.5) is 13.2 Å². The number of rotatable bonds is 6. The molecule has 0 saturated heterocycles. The van der Waals surface area contributed by atoms with Crippen molar-refractivity contribution in [3.63, 3.8) is 0 Å². The van der Waals surface area contributed by atoms with Gasteiger partial charge in [-0.1, -0.05) is 19.3 Å². The lowest BCUT2D eigenvalue weighted by molar-refractivity contribution is -0.132. The zero-order valence-corrected chi connectivity index (χ0v) is 12.9. The maximum absolute atomic E-state index is 12.0. The first-order valence-electron chi connectivity index (χ1n) is 7.71. The van der Waals surface area contributed by atoms with Gasteiger partial charge in [0.05, 0.1) is 6.42 Å². The van der Waals surface area contributed by atoms with E-state index in [9.17, 15) is 18.0 Å². The van der Waals surface area contributed by atoms with Gasteiger partial charge >= 0.3 is 6.18 Å². The summed E-state index contributed by atoms with van der Waals surface area (Å²) in [4.78, 5) is 15.6. The summed E-state index contributed by atoms with van der Waals surface area (Å²) in [6, 6.07) is 0.269. The Hall–Kier alpha value is -1.47. The molecule has 0 atom stereocenters. The van der Waals surface area contributed by atoms with Crippen molar-refractivity contribution in [3.05, 3.63) is 0 Å². The minimum absolute atomic E-state index is 0.0369. The summed E-state index contributed by atoms with van der Waals surface area (Å²) in [5.74, 6) is 0.236. The van der Waals surface area contributed by atoms with Gasteiger partial charge in [-0.3, -0.25) is 9.79 Å². The Bertz CT molecular complexity index is 366. The molecule has 0 aliphatic heterocycles. The highest BCUT2D eigenvalue weighted by Crippen LogP contribution is 2.18. The molecule has 0 unspecified atom stereocenters. The third-order valence-electron chi connectivity index (χ3n) is 3.54. The summed E-state index contributed by atoms with van der Waals surface area (Å²) in [6.45, 7) is 0.0989. The molecule has 0 aromatic carbocycles. The summed E-state index contributed by atoms with van der Waals surface area (Å²) in [7, 11) is 1.48. The Morgan fingerprint density at radius 2 is 1.77 bits per heavy atom. The fourth-order valence-electron chi connectivity index (χ4n) is 2.38. The van der Waals surface area contributed by atoms with Crippen molar-refractivity contribution in [2.45, 2.75) is 57.2 Å². The van der Waals surface area contributed by atoms with Crippen LogP contribution in [0.15, 0.2) is 4.99 Å². The maximum atomic E-state index is 12.0. The number of carbonyl (C=O) groups is 1. The van der Waals surface area contributed by atoms with Gasteiger partial charge < -0.3 is 16.0 Å². The second-order valence-corrected chi connectivity index (χ2v) is 5.44. The van der Waals surface area contributed by atoms with Crippen LogP contribution in [0.3, 0.4) is 0 Å². The van der Waals surface area contributed by atoms with E-state index in [-0.39, 0.29) is 30.9 Å². The number of halogens is 3. The largest absolute Gasteiger partial charge is 0.390 e. The van der Waals surface area contributed by atoms with Crippen LogP contribution in [-0.2, 0) is 4.79 Å². The van der Waals surface area contributed by atoms with Crippen molar-refractivity contribution in [1.82, 2.24) is 16.0 Å². The molecule has 0 spiro atoms. The van der Waals surface area contributed by atoms with Crippen LogP contribution in [-0.4, -0.2) is 44.2 Å². The summed E-state index contributed by atoms with van der Waals surface area (Å²) in [5, 5.41) is 8.39. The summed E-state index contributed by atoms with van der Waals surface area (Å²) in [5.41, 5.74) is 0. The smallest absolute Gasteiger partial charge is 0.356 e. The quantitative estimate of drug-likeness (QED) is 0.517. The molecule has 1 fully saturated rings. The zero-order chi connectivity index (χ0) is 16.4. The van der Waals surface area contributed by atoms with Crippen LogP contribution in [0.1, 0.15) is 44.9 Å². The third-order valence-corrected chi connectivity index (χ3v) is 3.54. The standard InChI is InChI=1S/C14H25F3N4O/c1-18-13(20-10-8-14(15,16)17)19-9-7-12(22)21-11-5-3-2-4-6-11/h11H,2-10H2,1H3,(H,21,22)(H2,18,19,20). The van der Waals surface area contributed by atoms with E-state index >= 15 is 0 Å². The van der Waals surface area contributed by atoms with E-state index in [4.69, 9.17) is 0 Å². The zero-order valence-electron chi connectivity index (χ0n) is 12.9. The second-order valence-electron chi connectivity index (χ2n) is 5.44. The Labute approximate surface area is 129 Å². The lowest BCUT2D eigenvalue weighted by atomic mass is 9.95. The number of hydrogen-bond acceptors (Lipinski definition) is 2. The molecule has 1 aliphatic rings. The lowest BCUT2D eigenvalue weighted by Crippen LogP contribution is -2.42. The first-order valence-corrected chi connectivity index (χ1v) is 7.71. The molecule has 1 aliphatic carbocycles. The average Bonchev–Trinajstić information content (AvgIpc) is 2.45. The Morgan fingerprint density at radius 1 is 1.14 bits per heavy atom. The number of nitrogens with one attached hydrogen (secondary N) is 3. The van der Waals surface area contributed by atoms with E-state index in [1.54, 1.807) is 0 Å². The highest BCUT2D eigenvalue weighted by molar-refractivity contribution is 5.81. The fourth-order valence-corrected chi connectivity index (χ4v) is 2.38. The molecule has 1 rings (SSSR count).